The van der Waals surface area contributed by atoms with E-state index in [1.807, 2.05) is 18.2 Å². The van der Waals surface area contributed by atoms with E-state index in [1.54, 1.807) is 12.1 Å². The first kappa shape index (κ1) is 23.8. The molecular formula is C21H24BrN3O4S2. The Morgan fingerprint density at radius 2 is 1.84 bits per heavy atom. The Balaban J connectivity index is 1.40. The Labute approximate surface area is 194 Å². The predicted octanol–water partition coefficient (Wildman–Crippen LogP) is 2.08. The lowest BCUT2D eigenvalue weighted by atomic mass is 10.1. The van der Waals surface area contributed by atoms with Gasteiger partial charge in [-0.25, -0.2) is 8.42 Å². The molecule has 1 heterocycles. The second-order valence-corrected chi connectivity index (χ2v) is 11.2. The summed E-state index contributed by atoms with van der Waals surface area (Å²) in [6.07, 6.45) is 1.73. The van der Waals surface area contributed by atoms with Crippen molar-refractivity contribution in [2.75, 3.05) is 18.8 Å². The number of rotatable bonds is 9. The van der Waals surface area contributed by atoms with E-state index < -0.39 is 26.5 Å². The molecule has 3 N–H and O–H groups in total. The van der Waals surface area contributed by atoms with Crippen LogP contribution in [0, 0.1) is 0 Å². The fraction of sp³-hybridized carbons (Fsp3) is 0.333. The maximum atomic E-state index is 12.7. The molecule has 166 valence electrons. The fourth-order valence-electron chi connectivity index (χ4n) is 3.09. The lowest BCUT2D eigenvalue weighted by molar-refractivity contribution is -0.122. The smallest absolute Gasteiger partial charge is 0.241 e. The molecule has 2 atom stereocenters. The molecule has 1 saturated heterocycles. The van der Waals surface area contributed by atoms with Crippen LogP contribution in [-0.4, -0.2) is 49.8 Å². The minimum atomic E-state index is -3.80. The summed E-state index contributed by atoms with van der Waals surface area (Å²) in [5, 5.41) is 7.29. The highest BCUT2D eigenvalue weighted by Gasteiger charge is 2.38. The van der Waals surface area contributed by atoms with Crippen LogP contribution in [0.4, 0.5) is 0 Å². The average Bonchev–Trinajstić information content (AvgIpc) is 2.76. The van der Waals surface area contributed by atoms with E-state index >= 15 is 0 Å². The van der Waals surface area contributed by atoms with Crippen molar-refractivity contribution in [3.05, 3.63) is 64.6 Å². The lowest BCUT2D eigenvalue weighted by Gasteiger charge is -2.29. The molecule has 0 radical (unpaired) electrons. The van der Waals surface area contributed by atoms with E-state index in [1.165, 1.54) is 29.5 Å². The second kappa shape index (κ2) is 11.1. The Hall–Kier alpha value is -1.88. The van der Waals surface area contributed by atoms with Crippen LogP contribution >= 0.6 is 27.7 Å². The van der Waals surface area contributed by atoms with Crippen LogP contribution in [0.1, 0.15) is 12.0 Å². The normalized spacial score (nSPS) is 18.9. The molecule has 2 amide bonds. The summed E-state index contributed by atoms with van der Waals surface area (Å²) in [7, 11) is -3.80. The minimum absolute atomic E-state index is 0.0133. The van der Waals surface area contributed by atoms with Gasteiger partial charge in [0.2, 0.25) is 11.8 Å². The molecule has 0 spiro atoms. The molecule has 31 heavy (non-hydrogen) atoms. The molecule has 0 aromatic heterocycles. The summed E-state index contributed by atoms with van der Waals surface area (Å²) in [6, 6.07) is 16.2. The first-order valence-electron chi connectivity index (χ1n) is 9.82. The largest absolute Gasteiger partial charge is 0.355 e. The van der Waals surface area contributed by atoms with Crippen molar-refractivity contribution < 1.29 is 18.0 Å². The molecule has 1 aliphatic rings. The Morgan fingerprint density at radius 3 is 2.52 bits per heavy atom. The van der Waals surface area contributed by atoms with Crippen LogP contribution in [0.2, 0.25) is 0 Å². The number of nitrogens with one attached hydrogen (secondary N) is 3. The SMILES string of the molecule is O=C(CSC1NCC(S(=O)(=O)c2ccc(Br)cc2)C(=O)N1)NCCCc1ccccc1. The number of amides is 2. The molecule has 2 unspecified atom stereocenters. The van der Waals surface area contributed by atoms with Gasteiger partial charge in [0.25, 0.3) is 0 Å². The van der Waals surface area contributed by atoms with Crippen molar-refractivity contribution in [1.29, 1.82) is 0 Å². The molecule has 0 bridgehead atoms. The number of aryl methyl sites for hydroxylation is 1. The van der Waals surface area contributed by atoms with Gasteiger partial charge in [-0.1, -0.05) is 46.3 Å². The van der Waals surface area contributed by atoms with E-state index in [0.717, 1.165) is 17.3 Å². The van der Waals surface area contributed by atoms with Crippen LogP contribution in [0.5, 0.6) is 0 Å². The molecule has 0 aliphatic carbocycles. The van der Waals surface area contributed by atoms with Gasteiger partial charge in [-0.05, 0) is 42.7 Å². The van der Waals surface area contributed by atoms with E-state index in [-0.39, 0.29) is 23.1 Å². The third kappa shape index (κ3) is 6.80. The van der Waals surface area contributed by atoms with Gasteiger partial charge >= 0.3 is 0 Å². The van der Waals surface area contributed by atoms with Crippen LogP contribution in [-0.2, 0) is 25.8 Å². The topological polar surface area (TPSA) is 104 Å². The Kier molecular flexibility index (Phi) is 8.53. The maximum absolute atomic E-state index is 12.7. The van der Waals surface area contributed by atoms with E-state index in [9.17, 15) is 18.0 Å². The van der Waals surface area contributed by atoms with Gasteiger partial charge in [0.05, 0.1) is 10.6 Å². The number of halogens is 1. The van der Waals surface area contributed by atoms with E-state index in [0.29, 0.717) is 6.54 Å². The highest BCUT2D eigenvalue weighted by atomic mass is 79.9. The summed E-state index contributed by atoms with van der Waals surface area (Å²) < 4.78 is 26.2. The van der Waals surface area contributed by atoms with Gasteiger partial charge in [-0.2, -0.15) is 0 Å². The fourth-order valence-corrected chi connectivity index (χ4v) is 5.70. The third-order valence-electron chi connectivity index (χ3n) is 4.76. The van der Waals surface area contributed by atoms with Gasteiger partial charge in [0.15, 0.2) is 15.1 Å². The lowest BCUT2D eigenvalue weighted by Crippen LogP contribution is -2.59. The average molecular weight is 526 g/mol. The zero-order valence-electron chi connectivity index (χ0n) is 16.7. The molecule has 3 rings (SSSR count). The number of benzene rings is 2. The van der Waals surface area contributed by atoms with Gasteiger partial charge in [0.1, 0.15) is 5.50 Å². The first-order valence-corrected chi connectivity index (χ1v) is 13.2. The third-order valence-corrected chi connectivity index (χ3v) is 8.39. The van der Waals surface area contributed by atoms with Gasteiger partial charge < -0.3 is 10.6 Å². The number of thioether (sulfide) groups is 1. The van der Waals surface area contributed by atoms with E-state index in [2.05, 4.69) is 44.0 Å². The Bertz CT molecular complexity index is 1000. The standard InChI is InChI=1S/C21H24BrN3O4S2/c22-16-8-10-17(11-9-16)31(28,29)18-13-24-21(25-20(18)27)30-14-19(26)23-12-4-7-15-5-2-1-3-6-15/h1-3,5-6,8-11,18,21,24H,4,7,12-14H2,(H,23,26)(H,25,27). The number of carbonyl (C=O) groups is 2. The number of sulfone groups is 1. The highest BCUT2D eigenvalue weighted by Crippen LogP contribution is 2.21. The number of hydrogen-bond acceptors (Lipinski definition) is 6. The molecule has 1 fully saturated rings. The van der Waals surface area contributed by atoms with Crippen molar-refractivity contribution >= 4 is 49.3 Å². The quantitative estimate of drug-likeness (QED) is 0.433. The summed E-state index contributed by atoms with van der Waals surface area (Å²) >= 11 is 4.48. The molecule has 10 heteroatoms. The zero-order valence-corrected chi connectivity index (χ0v) is 19.9. The van der Waals surface area contributed by atoms with Crippen LogP contribution in [0.3, 0.4) is 0 Å². The van der Waals surface area contributed by atoms with Crippen molar-refractivity contribution in [1.82, 2.24) is 16.0 Å². The first-order chi connectivity index (χ1) is 14.9. The summed E-state index contributed by atoms with van der Waals surface area (Å²) in [5.74, 6) is -0.533. The van der Waals surface area contributed by atoms with Crippen molar-refractivity contribution in [3.63, 3.8) is 0 Å². The van der Waals surface area contributed by atoms with Gasteiger partial charge in [0, 0.05) is 17.6 Å². The monoisotopic (exact) mass is 525 g/mol. The molecule has 0 saturated carbocycles. The summed E-state index contributed by atoms with van der Waals surface area (Å²) in [6.45, 7) is 0.562. The van der Waals surface area contributed by atoms with Crippen LogP contribution < -0.4 is 16.0 Å². The molecule has 1 aliphatic heterocycles. The highest BCUT2D eigenvalue weighted by molar-refractivity contribution is 9.10. The number of carbonyl (C=O) groups excluding carboxylic acids is 2. The van der Waals surface area contributed by atoms with Gasteiger partial charge in [-0.3, -0.25) is 14.9 Å². The van der Waals surface area contributed by atoms with Crippen molar-refractivity contribution in [3.8, 4) is 0 Å². The van der Waals surface area contributed by atoms with Crippen molar-refractivity contribution in [2.24, 2.45) is 0 Å². The maximum Gasteiger partial charge on any atom is 0.241 e. The minimum Gasteiger partial charge on any atom is -0.355 e. The summed E-state index contributed by atoms with van der Waals surface area (Å²) in [4.78, 5) is 24.6. The predicted molar refractivity (Wildman–Crippen MR) is 125 cm³/mol. The van der Waals surface area contributed by atoms with E-state index in [4.69, 9.17) is 0 Å². The van der Waals surface area contributed by atoms with Crippen LogP contribution in [0.15, 0.2) is 64.0 Å². The summed E-state index contributed by atoms with van der Waals surface area (Å²) in [5.41, 5.74) is 0.715. The number of hydrogen-bond donors (Lipinski definition) is 3. The van der Waals surface area contributed by atoms with Crippen molar-refractivity contribution in [2.45, 2.75) is 28.5 Å². The molecule has 2 aromatic rings. The molecule has 2 aromatic carbocycles. The van der Waals surface area contributed by atoms with Gasteiger partial charge in [-0.15, -0.1) is 11.8 Å². The van der Waals surface area contributed by atoms with Crippen LogP contribution in [0.25, 0.3) is 0 Å². The second-order valence-electron chi connectivity index (χ2n) is 7.03. The zero-order chi connectivity index (χ0) is 22.3. The molecular weight excluding hydrogens is 502 g/mol. The Morgan fingerprint density at radius 1 is 1.13 bits per heavy atom. The molecule has 7 nitrogen and oxygen atoms in total.